The quantitative estimate of drug-likeness (QED) is 0.836. The van der Waals surface area contributed by atoms with Crippen LogP contribution in [0.1, 0.15) is 11.3 Å². The Kier molecular flexibility index (Phi) is 2.82. The van der Waals surface area contributed by atoms with Crippen molar-refractivity contribution in [2.45, 2.75) is 13.3 Å². The minimum Gasteiger partial charge on any atom is -0.481 e. The standard InChI is InChI=1S/C12H13N3O2/c1-8-3-2-4-10(5-8)15-11(13)6-9(14-15)7-12(16)17/h2-6H,7,13H2,1H3,(H,16,17). The zero-order chi connectivity index (χ0) is 12.4. The summed E-state index contributed by atoms with van der Waals surface area (Å²) in [6, 6.07) is 9.27. The van der Waals surface area contributed by atoms with Crippen LogP contribution in [0, 0.1) is 6.92 Å². The van der Waals surface area contributed by atoms with Crippen LogP contribution in [0.5, 0.6) is 0 Å². The lowest BCUT2D eigenvalue weighted by Crippen LogP contribution is -2.04. The number of anilines is 1. The molecule has 0 amide bonds. The molecule has 0 aliphatic rings. The summed E-state index contributed by atoms with van der Waals surface area (Å²) in [5.41, 5.74) is 8.19. The number of aryl methyl sites for hydroxylation is 1. The van der Waals surface area contributed by atoms with Gasteiger partial charge in [0.25, 0.3) is 0 Å². The van der Waals surface area contributed by atoms with Gasteiger partial charge in [-0.05, 0) is 24.6 Å². The lowest BCUT2D eigenvalue weighted by Gasteiger charge is -2.04. The first-order valence-corrected chi connectivity index (χ1v) is 5.19. The van der Waals surface area contributed by atoms with Crippen LogP contribution < -0.4 is 5.73 Å². The summed E-state index contributed by atoms with van der Waals surface area (Å²) in [5.74, 6) is -0.481. The number of aromatic nitrogens is 2. The van der Waals surface area contributed by atoms with Gasteiger partial charge in [0.1, 0.15) is 5.82 Å². The second kappa shape index (κ2) is 4.29. The zero-order valence-corrected chi connectivity index (χ0v) is 9.42. The van der Waals surface area contributed by atoms with E-state index in [9.17, 15) is 4.79 Å². The molecular formula is C12H13N3O2. The average Bonchev–Trinajstić information content (AvgIpc) is 2.58. The predicted molar refractivity (Wildman–Crippen MR) is 64.1 cm³/mol. The summed E-state index contributed by atoms with van der Waals surface area (Å²) in [7, 11) is 0. The van der Waals surface area contributed by atoms with E-state index in [1.54, 1.807) is 10.7 Å². The normalized spacial score (nSPS) is 10.4. The number of rotatable bonds is 3. The molecule has 17 heavy (non-hydrogen) atoms. The number of aliphatic carboxylic acids is 1. The summed E-state index contributed by atoms with van der Waals surface area (Å²) in [6.45, 7) is 1.97. The highest BCUT2D eigenvalue weighted by atomic mass is 16.4. The SMILES string of the molecule is Cc1cccc(-n2nc(CC(=O)O)cc2N)c1. The number of nitrogen functional groups attached to an aromatic ring is 1. The molecule has 0 radical (unpaired) electrons. The Morgan fingerprint density at radius 2 is 2.24 bits per heavy atom. The number of hydrogen-bond donors (Lipinski definition) is 2. The molecule has 0 saturated carbocycles. The monoisotopic (exact) mass is 231 g/mol. The van der Waals surface area contributed by atoms with Gasteiger partial charge in [-0.2, -0.15) is 5.10 Å². The van der Waals surface area contributed by atoms with E-state index in [2.05, 4.69) is 5.10 Å². The van der Waals surface area contributed by atoms with Crippen LogP contribution in [0.4, 0.5) is 5.82 Å². The van der Waals surface area contributed by atoms with E-state index in [-0.39, 0.29) is 6.42 Å². The Hall–Kier alpha value is -2.30. The summed E-state index contributed by atoms with van der Waals surface area (Å²) < 4.78 is 1.55. The Balaban J connectivity index is 2.39. The Morgan fingerprint density at radius 3 is 2.88 bits per heavy atom. The first-order chi connectivity index (χ1) is 8.06. The van der Waals surface area contributed by atoms with E-state index in [1.165, 1.54) is 0 Å². The smallest absolute Gasteiger partial charge is 0.309 e. The van der Waals surface area contributed by atoms with E-state index in [4.69, 9.17) is 10.8 Å². The van der Waals surface area contributed by atoms with Gasteiger partial charge in [-0.3, -0.25) is 4.79 Å². The highest BCUT2D eigenvalue weighted by molar-refractivity contribution is 5.70. The van der Waals surface area contributed by atoms with Crippen LogP contribution >= 0.6 is 0 Å². The topological polar surface area (TPSA) is 81.1 Å². The predicted octanol–water partition coefficient (Wildman–Crippen LogP) is 1.39. The molecule has 0 aliphatic heterocycles. The third-order valence-corrected chi connectivity index (χ3v) is 2.37. The van der Waals surface area contributed by atoms with Crippen molar-refractivity contribution in [2.24, 2.45) is 0 Å². The number of benzene rings is 1. The summed E-state index contributed by atoms with van der Waals surface area (Å²) in [6.07, 6.45) is -0.122. The molecule has 88 valence electrons. The Bertz CT molecular complexity index is 561. The van der Waals surface area contributed by atoms with Gasteiger partial charge in [0.15, 0.2) is 0 Å². The van der Waals surface area contributed by atoms with Crippen molar-refractivity contribution >= 4 is 11.8 Å². The number of nitrogens with two attached hydrogens (primary N) is 1. The van der Waals surface area contributed by atoms with E-state index < -0.39 is 5.97 Å². The molecule has 2 aromatic rings. The second-order valence-electron chi connectivity index (χ2n) is 3.88. The summed E-state index contributed by atoms with van der Waals surface area (Å²) in [4.78, 5) is 10.6. The van der Waals surface area contributed by atoms with Gasteiger partial charge in [-0.1, -0.05) is 12.1 Å². The largest absolute Gasteiger partial charge is 0.481 e. The van der Waals surface area contributed by atoms with E-state index in [0.717, 1.165) is 11.3 Å². The van der Waals surface area contributed by atoms with Crippen LogP contribution in [0.2, 0.25) is 0 Å². The van der Waals surface area contributed by atoms with Crippen LogP contribution in [0.25, 0.3) is 5.69 Å². The van der Waals surface area contributed by atoms with Crippen molar-refractivity contribution in [3.63, 3.8) is 0 Å². The van der Waals surface area contributed by atoms with Crippen molar-refractivity contribution in [1.29, 1.82) is 0 Å². The van der Waals surface area contributed by atoms with Crippen molar-refractivity contribution in [3.8, 4) is 5.69 Å². The molecular weight excluding hydrogens is 218 g/mol. The molecule has 0 aliphatic carbocycles. The van der Waals surface area contributed by atoms with Crippen molar-refractivity contribution in [3.05, 3.63) is 41.6 Å². The van der Waals surface area contributed by atoms with Gasteiger partial charge >= 0.3 is 5.97 Å². The summed E-state index contributed by atoms with van der Waals surface area (Å²) in [5, 5.41) is 12.9. The third-order valence-electron chi connectivity index (χ3n) is 2.37. The molecule has 0 unspecified atom stereocenters. The molecule has 3 N–H and O–H groups in total. The second-order valence-corrected chi connectivity index (χ2v) is 3.88. The number of hydrogen-bond acceptors (Lipinski definition) is 3. The van der Waals surface area contributed by atoms with Gasteiger partial charge < -0.3 is 10.8 Å². The highest BCUT2D eigenvalue weighted by Gasteiger charge is 2.09. The fourth-order valence-electron chi connectivity index (χ4n) is 1.65. The lowest BCUT2D eigenvalue weighted by atomic mass is 10.2. The number of carbonyl (C=O) groups is 1. The van der Waals surface area contributed by atoms with Gasteiger partial charge in [0, 0.05) is 6.07 Å². The minimum absolute atomic E-state index is 0.122. The van der Waals surface area contributed by atoms with Crippen molar-refractivity contribution < 1.29 is 9.90 Å². The summed E-state index contributed by atoms with van der Waals surface area (Å²) >= 11 is 0. The van der Waals surface area contributed by atoms with E-state index in [0.29, 0.717) is 11.5 Å². The molecule has 1 heterocycles. The number of carboxylic acid groups (broad SMARTS) is 1. The Morgan fingerprint density at radius 1 is 1.47 bits per heavy atom. The first kappa shape index (κ1) is 11.2. The van der Waals surface area contributed by atoms with Crippen LogP contribution in [0.3, 0.4) is 0 Å². The first-order valence-electron chi connectivity index (χ1n) is 5.19. The molecule has 0 spiro atoms. The molecule has 0 atom stereocenters. The average molecular weight is 231 g/mol. The molecule has 1 aromatic carbocycles. The molecule has 5 nitrogen and oxygen atoms in total. The number of carboxylic acids is 1. The third kappa shape index (κ3) is 2.44. The maximum Gasteiger partial charge on any atom is 0.309 e. The van der Waals surface area contributed by atoms with Gasteiger partial charge in [-0.25, -0.2) is 4.68 Å². The van der Waals surface area contributed by atoms with E-state index in [1.807, 2.05) is 31.2 Å². The molecule has 0 fully saturated rings. The fraction of sp³-hybridized carbons (Fsp3) is 0.167. The van der Waals surface area contributed by atoms with Gasteiger partial charge in [-0.15, -0.1) is 0 Å². The van der Waals surface area contributed by atoms with Crippen molar-refractivity contribution in [1.82, 2.24) is 9.78 Å². The van der Waals surface area contributed by atoms with Crippen molar-refractivity contribution in [2.75, 3.05) is 5.73 Å². The molecule has 0 bridgehead atoms. The highest BCUT2D eigenvalue weighted by Crippen LogP contribution is 2.15. The molecule has 2 rings (SSSR count). The number of nitrogens with zero attached hydrogens (tertiary/aromatic N) is 2. The minimum atomic E-state index is -0.918. The van der Waals surface area contributed by atoms with Gasteiger partial charge in [0.2, 0.25) is 0 Å². The van der Waals surface area contributed by atoms with Gasteiger partial charge in [0.05, 0.1) is 17.8 Å². The maximum atomic E-state index is 10.6. The maximum absolute atomic E-state index is 10.6. The fourth-order valence-corrected chi connectivity index (χ4v) is 1.65. The Labute approximate surface area is 98.5 Å². The van der Waals surface area contributed by atoms with Crippen LogP contribution in [0.15, 0.2) is 30.3 Å². The molecule has 5 heteroatoms. The lowest BCUT2D eigenvalue weighted by molar-refractivity contribution is -0.136. The molecule has 0 saturated heterocycles. The van der Waals surface area contributed by atoms with Crippen LogP contribution in [-0.4, -0.2) is 20.9 Å². The molecule has 1 aromatic heterocycles. The van der Waals surface area contributed by atoms with E-state index >= 15 is 0 Å². The zero-order valence-electron chi connectivity index (χ0n) is 9.42. The van der Waals surface area contributed by atoms with Crippen LogP contribution in [-0.2, 0) is 11.2 Å².